The molecule has 86 valence electrons. The van der Waals surface area contributed by atoms with E-state index in [-0.39, 0.29) is 0 Å². The fourth-order valence-corrected chi connectivity index (χ4v) is 1.97. The summed E-state index contributed by atoms with van der Waals surface area (Å²) in [7, 11) is 0. The minimum atomic E-state index is -4.40. The van der Waals surface area contributed by atoms with E-state index in [1.807, 2.05) is 0 Å². The third-order valence-electron chi connectivity index (χ3n) is 2.83. The first-order valence-corrected chi connectivity index (χ1v) is 5.11. The number of alkyl halides is 3. The molecule has 1 heterocycles. The van der Waals surface area contributed by atoms with Gasteiger partial charge in [-0.15, -0.1) is 0 Å². The molecule has 2 nitrogen and oxygen atoms in total. The zero-order chi connectivity index (χ0) is 12.0. The molecule has 0 aliphatic heterocycles. The first-order valence-electron chi connectivity index (χ1n) is 4.70. The lowest BCUT2D eigenvalue weighted by atomic mass is 9.98. The molecular weight excluding hydrogens is 237 g/mol. The Morgan fingerprint density at radius 2 is 2.00 bits per heavy atom. The number of hydrogen-bond donors (Lipinski definition) is 1. The summed E-state index contributed by atoms with van der Waals surface area (Å²) in [4.78, 5) is 3.73. The molecular formula is C10H9F3N2S. The van der Waals surface area contributed by atoms with Gasteiger partial charge in [-0.1, -0.05) is 18.3 Å². The molecule has 0 bridgehead atoms. The van der Waals surface area contributed by atoms with Gasteiger partial charge in [0.15, 0.2) is 0 Å². The molecule has 0 saturated heterocycles. The van der Waals surface area contributed by atoms with Crippen molar-refractivity contribution in [1.29, 1.82) is 0 Å². The van der Waals surface area contributed by atoms with E-state index in [2.05, 4.69) is 4.98 Å². The maximum atomic E-state index is 12.3. The van der Waals surface area contributed by atoms with Gasteiger partial charge < -0.3 is 5.73 Å². The van der Waals surface area contributed by atoms with Gasteiger partial charge in [0.2, 0.25) is 0 Å². The Bertz CT molecular complexity index is 421. The highest BCUT2D eigenvalue weighted by Gasteiger charge is 2.47. The number of thiocarbonyl (C=S) groups is 1. The predicted octanol–water partition coefficient (Wildman–Crippen LogP) is 2.42. The second kappa shape index (κ2) is 3.41. The third kappa shape index (κ3) is 1.77. The van der Waals surface area contributed by atoms with Crippen molar-refractivity contribution in [2.75, 3.05) is 0 Å². The van der Waals surface area contributed by atoms with Crippen LogP contribution in [0.5, 0.6) is 0 Å². The Morgan fingerprint density at radius 1 is 1.38 bits per heavy atom. The number of nitrogens with zero attached hydrogens (tertiary/aromatic N) is 1. The van der Waals surface area contributed by atoms with Crippen LogP contribution in [0.4, 0.5) is 13.2 Å². The molecule has 1 aliphatic rings. The molecule has 0 atom stereocenters. The predicted molar refractivity (Wildman–Crippen MR) is 56.9 cm³/mol. The first kappa shape index (κ1) is 11.3. The summed E-state index contributed by atoms with van der Waals surface area (Å²) in [6.45, 7) is 0. The van der Waals surface area contributed by atoms with Crippen molar-refractivity contribution < 1.29 is 13.2 Å². The van der Waals surface area contributed by atoms with E-state index in [4.69, 9.17) is 18.0 Å². The molecule has 16 heavy (non-hydrogen) atoms. The van der Waals surface area contributed by atoms with Crippen molar-refractivity contribution in [1.82, 2.24) is 4.98 Å². The van der Waals surface area contributed by atoms with Crippen LogP contribution in [0.25, 0.3) is 0 Å². The minimum Gasteiger partial charge on any atom is -0.393 e. The normalized spacial score (nSPS) is 18.2. The quantitative estimate of drug-likeness (QED) is 0.814. The average molecular weight is 246 g/mol. The molecule has 0 aromatic carbocycles. The van der Waals surface area contributed by atoms with Gasteiger partial charge in [0.25, 0.3) is 0 Å². The number of aromatic nitrogens is 1. The van der Waals surface area contributed by atoms with Crippen LogP contribution < -0.4 is 5.73 Å². The number of rotatable bonds is 2. The molecule has 1 saturated carbocycles. The molecule has 1 aromatic heterocycles. The lowest BCUT2D eigenvalue weighted by Gasteiger charge is -2.14. The number of hydrogen-bond acceptors (Lipinski definition) is 2. The van der Waals surface area contributed by atoms with Gasteiger partial charge in [0.1, 0.15) is 5.69 Å². The topological polar surface area (TPSA) is 38.9 Å². The zero-order valence-corrected chi connectivity index (χ0v) is 9.03. The van der Waals surface area contributed by atoms with E-state index in [1.165, 1.54) is 12.3 Å². The number of nitrogens with two attached hydrogens (primary N) is 1. The van der Waals surface area contributed by atoms with Crippen molar-refractivity contribution in [2.45, 2.75) is 24.4 Å². The van der Waals surface area contributed by atoms with Gasteiger partial charge in [-0.25, -0.2) is 0 Å². The van der Waals surface area contributed by atoms with Gasteiger partial charge >= 0.3 is 6.18 Å². The highest BCUT2D eigenvalue weighted by atomic mass is 32.1. The molecule has 1 fully saturated rings. The van der Waals surface area contributed by atoms with E-state index >= 15 is 0 Å². The van der Waals surface area contributed by atoms with E-state index in [0.717, 1.165) is 18.9 Å². The van der Waals surface area contributed by atoms with Crippen LogP contribution in [0.1, 0.15) is 24.1 Å². The van der Waals surface area contributed by atoms with Crippen molar-refractivity contribution in [3.8, 4) is 0 Å². The van der Waals surface area contributed by atoms with Crippen molar-refractivity contribution in [3.63, 3.8) is 0 Å². The van der Waals surface area contributed by atoms with Crippen LogP contribution in [-0.2, 0) is 11.6 Å². The Balaban J connectivity index is 2.31. The highest BCUT2D eigenvalue weighted by molar-refractivity contribution is 7.80. The van der Waals surface area contributed by atoms with Gasteiger partial charge in [0.05, 0.1) is 4.99 Å². The maximum absolute atomic E-state index is 12.3. The summed E-state index contributed by atoms with van der Waals surface area (Å²) in [5, 5.41) is 0. The second-order valence-electron chi connectivity index (χ2n) is 3.88. The van der Waals surface area contributed by atoms with Crippen LogP contribution in [0.3, 0.4) is 0 Å². The van der Waals surface area contributed by atoms with Crippen molar-refractivity contribution in [3.05, 3.63) is 29.6 Å². The summed E-state index contributed by atoms with van der Waals surface area (Å²) in [6, 6.07) is 2.37. The highest BCUT2D eigenvalue weighted by Crippen LogP contribution is 2.48. The zero-order valence-electron chi connectivity index (χ0n) is 8.21. The lowest BCUT2D eigenvalue weighted by Crippen LogP contribution is -2.26. The fourth-order valence-electron chi connectivity index (χ4n) is 1.65. The van der Waals surface area contributed by atoms with Gasteiger partial charge in [0, 0.05) is 11.6 Å². The molecule has 1 aromatic rings. The Labute approximate surface area is 95.7 Å². The molecule has 2 rings (SSSR count). The van der Waals surface area contributed by atoms with Crippen LogP contribution in [0.2, 0.25) is 0 Å². The second-order valence-corrected chi connectivity index (χ2v) is 4.32. The molecule has 2 N–H and O–H groups in total. The molecule has 0 radical (unpaired) electrons. The molecule has 0 unspecified atom stereocenters. The maximum Gasteiger partial charge on any atom is 0.433 e. The average Bonchev–Trinajstić information content (AvgIpc) is 2.97. The van der Waals surface area contributed by atoms with Crippen LogP contribution >= 0.6 is 12.2 Å². The van der Waals surface area contributed by atoms with E-state index in [9.17, 15) is 13.2 Å². The molecule has 6 heteroatoms. The van der Waals surface area contributed by atoms with Gasteiger partial charge in [-0.3, -0.25) is 4.98 Å². The Hall–Kier alpha value is -1.17. The molecule has 0 amide bonds. The van der Waals surface area contributed by atoms with E-state index in [1.54, 1.807) is 0 Å². The lowest BCUT2D eigenvalue weighted by molar-refractivity contribution is -0.141. The summed E-state index contributed by atoms with van der Waals surface area (Å²) >= 11 is 4.91. The minimum absolute atomic E-state index is 0.328. The monoisotopic (exact) mass is 246 g/mol. The van der Waals surface area contributed by atoms with Crippen LogP contribution in [0, 0.1) is 0 Å². The van der Waals surface area contributed by atoms with E-state index in [0.29, 0.717) is 10.6 Å². The van der Waals surface area contributed by atoms with Crippen LogP contribution in [0.15, 0.2) is 18.3 Å². The van der Waals surface area contributed by atoms with E-state index < -0.39 is 17.3 Å². The smallest absolute Gasteiger partial charge is 0.393 e. The summed E-state index contributed by atoms with van der Waals surface area (Å²) in [5.41, 5.74) is 4.94. The summed E-state index contributed by atoms with van der Waals surface area (Å²) in [6.07, 6.45) is -1.61. The summed E-state index contributed by atoms with van der Waals surface area (Å²) < 4.78 is 36.8. The number of pyridine rings is 1. The third-order valence-corrected chi connectivity index (χ3v) is 3.22. The molecule has 0 spiro atoms. The number of halogens is 3. The standard InChI is InChI=1S/C10H9F3N2S/c11-10(12,13)7-2-1-6(5-15-7)9(3-4-9)8(14)16/h1-2,5H,3-4H2,(H2,14,16). The molecule has 1 aliphatic carbocycles. The Kier molecular flexibility index (Phi) is 2.41. The van der Waals surface area contributed by atoms with Gasteiger partial charge in [-0.05, 0) is 24.5 Å². The van der Waals surface area contributed by atoms with Crippen molar-refractivity contribution >= 4 is 17.2 Å². The summed E-state index contributed by atoms with van der Waals surface area (Å²) in [5.74, 6) is 0. The van der Waals surface area contributed by atoms with Crippen molar-refractivity contribution in [2.24, 2.45) is 5.73 Å². The first-order chi connectivity index (χ1) is 7.36. The largest absolute Gasteiger partial charge is 0.433 e. The van der Waals surface area contributed by atoms with Gasteiger partial charge in [-0.2, -0.15) is 13.2 Å². The SMILES string of the molecule is NC(=S)C1(c2ccc(C(F)(F)F)nc2)CC1. The fraction of sp³-hybridized carbons (Fsp3) is 0.400. The Morgan fingerprint density at radius 3 is 2.31 bits per heavy atom. The van der Waals surface area contributed by atoms with Crippen LogP contribution in [-0.4, -0.2) is 9.97 Å².